The summed E-state index contributed by atoms with van der Waals surface area (Å²) in [4.78, 5) is 28.3. The zero-order valence-corrected chi connectivity index (χ0v) is 16.1. The number of amides is 2. The van der Waals surface area contributed by atoms with Crippen LogP contribution in [0, 0.1) is 5.82 Å². The Morgan fingerprint density at radius 3 is 2.31 bits per heavy atom. The lowest BCUT2D eigenvalue weighted by Gasteiger charge is -2.34. The maximum Gasteiger partial charge on any atom is 0.292 e. The van der Waals surface area contributed by atoms with Gasteiger partial charge in [0.05, 0.1) is 5.56 Å². The van der Waals surface area contributed by atoms with Gasteiger partial charge in [0.25, 0.3) is 11.8 Å². The first-order valence-electron chi connectivity index (χ1n) is 9.08. The van der Waals surface area contributed by atoms with Crippen LogP contribution in [0.4, 0.5) is 4.39 Å². The van der Waals surface area contributed by atoms with E-state index in [2.05, 4.69) is 5.16 Å². The summed E-state index contributed by atoms with van der Waals surface area (Å²) in [5, 5.41) is 4.51. The van der Waals surface area contributed by atoms with Crippen molar-refractivity contribution in [2.45, 2.75) is 0 Å². The molecule has 2 heterocycles. The Kier molecular flexibility index (Phi) is 5.31. The first-order valence-corrected chi connectivity index (χ1v) is 9.46. The monoisotopic (exact) mass is 413 g/mol. The molecule has 1 aliphatic heterocycles. The standard InChI is InChI=1S/C21H17ClFN3O3/c22-15-5-3-4-14(12-15)18-13-19(29-24-18)21(28)26-10-8-25(9-11-26)20(27)16-6-1-2-7-17(16)23/h1-7,12-13H,8-11H2. The van der Waals surface area contributed by atoms with Gasteiger partial charge < -0.3 is 14.3 Å². The smallest absolute Gasteiger partial charge is 0.292 e. The lowest BCUT2D eigenvalue weighted by Crippen LogP contribution is -2.50. The molecule has 0 aliphatic carbocycles. The molecule has 0 bridgehead atoms. The van der Waals surface area contributed by atoms with E-state index in [-0.39, 0.29) is 23.1 Å². The number of benzene rings is 2. The highest BCUT2D eigenvalue weighted by atomic mass is 35.5. The normalized spacial score (nSPS) is 14.1. The molecule has 8 heteroatoms. The molecule has 148 valence electrons. The molecule has 1 aliphatic rings. The van der Waals surface area contributed by atoms with Crippen molar-refractivity contribution in [3.63, 3.8) is 0 Å². The van der Waals surface area contributed by atoms with Crippen molar-refractivity contribution in [3.8, 4) is 11.3 Å². The summed E-state index contributed by atoms with van der Waals surface area (Å²) in [6.45, 7) is 1.28. The van der Waals surface area contributed by atoms with Crippen molar-refractivity contribution < 1.29 is 18.5 Å². The van der Waals surface area contributed by atoms with E-state index < -0.39 is 5.82 Å². The summed E-state index contributed by atoms with van der Waals surface area (Å²) in [6, 6.07) is 14.6. The summed E-state index contributed by atoms with van der Waals surface area (Å²) < 4.78 is 19.1. The molecule has 0 atom stereocenters. The second kappa shape index (κ2) is 8.05. The van der Waals surface area contributed by atoms with Crippen LogP contribution in [-0.2, 0) is 0 Å². The highest BCUT2D eigenvalue weighted by molar-refractivity contribution is 6.30. The van der Waals surface area contributed by atoms with Crippen LogP contribution in [0.1, 0.15) is 20.9 Å². The van der Waals surface area contributed by atoms with E-state index in [4.69, 9.17) is 16.1 Å². The van der Waals surface area contributed by atoms with Gasteiger partial charge in [0.1, 0.15) is 11.5 Å². The molecular formula is C21H17ClFN3O3. The van der Waals surface area contributed by atoms with Gasteiger partial charge in [-0.05, 0) is 24.3 Å². The van der Waals surface area contributed by atoms with Gasteiger partial charge in [0, 0.05) is 42.8 Å². The molecule has 1 saturated heterocycles. The number of carbonyl (C=O) groups is 2. The number of halogens is 2. The van der Waals surface area contributed by atoms with Crippen LogP contribution < -0.4 is 0 Å². The van der Waals surface area contributed by atoms with Crippen LogP contribution >= 0.6 is 11.6 Å². The predicted molar refractivity (Wildman–Crippen MR) is 105 cm³/mol. The van der Waals surface area contributed by atoms with E-state index in [1.165, 1.54) is 18.2 Å². The van der Waals surface area contributed by atoms with E-state index >= 15 is 0 Å². The molecule has 0 unspecified atom stereocenters. The topological polar surface area (TPSA) is 66.7 Å². The average molecular weight is 414 g/mol. The molecule has 1 fully saturated rings. The van der Waals surface area contributed by atoms with Crippen molar-refractivity contribution in [1.29, 1.82) is 0 Å². The summed E-state index contributed by atoms with van der Waals surface area (Å²) in [5.74, 6) is -1.11. The maximum atomic E-state index is 13.8. The van der Waals surface area contributed by atoms with Gasteiger partial charge in [-0.25, -0.2) is 4.39 Å². The molecule has 0 saturated carbocycles. The van der Waals surface area contributed by atoms with Crippen molar-refractivity contribution in [1.82, 2.24) is 15.0 Å². The Morgan fingerprint density at radius 1 is 0.931 bits per heavy atom. The third kappa shape index (κ3) is 4.00. The molecule has 0 N–H and O–H groups in total. The van der Waals surface area contributed by atoms with Crippen molar-refractivity contribution >= 4 is 23.4 Å². The second-order valence-electron chi connectivity index (χ2n) is 6.65. The van der Waals surface area contributed by atoms with Gasteiger partial charge >= 0.3 is 0 Å². The van der Waals surface area contributed by atoms with E-state index in [1.807, 2.05) is 6.07 Å². The zero-order chi connectivity index (χ0) is 20.4. The fourth-order valence-corrected chi connectivity index (χ4v) is 3.42. The molecule has 29 heavy (non-hydrogen) atoms. The molecular weight excluding hydrogens is 397 g/mol. The van der Waals surface area contributed by atoms with E-state index in [0.29, 0.717) is 36.9 Å². The van der Waals surface area contributed by atoms with Gasteiger partial charge in [0.2, 0.25) is 5.76 Å². The number of piperazine rings is 1. The van der Waals surface area contributed by atoms with Crippen molar-refractivity contribution in [3.05, 3.63) is 76.8 Å². The van der Waals surface area contributed by atoms with Crippen LogP contribution in [0.2, 0.25) is 5.02 Å². The minimum absolute atomic E-state index is 0.0358. The lowest BCUT2D eigenvalue weighted by molar-refractivity contribution is 0.0510. The SMILES string of the molecule is O=C(c1cc(-c2cccc(Cl)c2)no1)N1CCN(C(=O)c2ccccc2F)CC1. The number of rotatable bonds is 3. The number of aromatic nitrogens is 1. The van der Waals surface area contributed by atoms with Crippen LogP contribution in [0.5, 0.6) is 0 Å². The molecule has 2 aromatic carbocycles. The van der Waals surface area contributed by atoms with Crippen LogP contribution in [0.25, 0.3) is 11.3 Å². The molecule has 0 spiro atoms. The number of carbonyl (C=O) groups excluding carboxylic acids is 2. The Morgan fingerprint density at radius 2 is 1.62 bits per heavy atom. The third-order valence-electron chi connectivity index (χ3n) is 4.80. The second-order valence-corrected chi connectivity index (χ2v) is 7.09. The fourth-order valence-electron chi connectivity index (χ4n) is 3.23. The molecule has 2 amide bonds. The first kappa shape index (κ1) is 19.1. The zero-order valence-electron chi connectivity index (χ0n) is 15.3. The molecule has 4 rings (SSSR count). The summed E-state index contributed by atoms with van der Waals surface area (Å²) >= 11 is 5.99. The summed E-state index contributed by atoms with van der Waals surface area (Å²) in [7, 11) is 0. The van der Waals surface area contributed by atoms with Crippen molar-refractivity contribution in [2.24, 2.45) is 0 Å². The quantitative estimate of drug-likeness (QED) is 0.656. The molecule has 0 radical (unpaired) electrons. The van der Waals surface area contributed by atoms with Gasteiger partial charge in [0.15, 0.2) is 0 Å². The highest BCUT2D eigenvalue weighted by Gasteiger charge is 2.28. The Labute approximate surface area is 171 Å². The van der Waals surface area contributed by atoms with Gasteiger partial charge in [-0.15, -0.1) is 0 Å². The van der Waals surface area contributed by atoms with E-state index in [9.17, 15) is 14.0 Å². The molecule has 6 nitrogen and oxygen atoms in total. The maximum absolute atomic E-state index is 13.8. The van der Waals surface area contributed by atoms with Gasteiger partial charge in [-0.3, -0.25) is 9.59 Å². The fraction of sp³-hybridized carbons (Fsp3) is 0.190. The van der Waals surface area contributed by atoms with Crippen LogP contribution in [-0.4, -0.2) is 52.9 Å². The summed E-state index contributed by atoms with van der Waals surface area (Å²) in [5.41, 5.74) is 1.30. The summed E-state index contributed by atoms with van der Waals surface area (Å²) in [6.07, 6.45) is 0. The highest BCUT2D eigenvalue weighted by Crippen LogP contribution is 2.23. The Balaban J connectivity index is 1.41. The predicted octanol–water partition coefficient (Wildman–Crippen LogP) is 3.73. The van der Waals surface area contributed by atoms with Crippen LogP contribution in [0.3, 0.4) is 0 Å². The average Bonchev–Trinajstić information content (AvgIpc) is 3.24. The van der Waals surface area contributed by atoms with Crippen molar-refractivity contribution in [2.75, 3.05) is 26.2 Å². The van der Waals surface area contributed by atoms with Crippen LogP contribution in [0.15, 0.2) is 59.1 Å². The number of hydrogen-bond acceptors (Lipinski definition) is 4. The lowest BCUT2D eigenvalue weighted by atomic mass is 10.1. The first-order chi connectivity index (χ1) is 14.0. The molecule has 3 aromatic rings. The molecule has 1 aromatic heterocycles. The Bertz CT molecular complexity index is 1060. The van der Waals surface area contributed by atoms with Gasteiger partial charge in [-0.1, -0.05) is 41.0 Å². The van der Waals surface area contributed by atoms with E-state index in [0.717, 1.165) is 5.56 Å². The third-order valence-corrected chi connectivity index (χ3v) is 5.03. The van der Waals surface area contributed by atoms with E-state index in [1.54, 1.807) is 40.1 Å². The number of nitrogens with zero attached hydrogens (tertiary/aromatic N) is 3. The number of hydrogen-bond donors (Lipinski definition) is 0. The largest absolute Gasteiger partial charge is 0.350 e. The Hall–Kier alpha value is -3.19. The minimum atomic E-state index is -0.550. The van der Waals surface area contributed by atoms with Gasteiger partial charge in [-0.2, -0.15) is 0 Å². The minimum Gasteiger partial charge on any atom is -0.350 e.